The lowest BCUT2D eigenvalue weighted by Crippen LogP contribution is -2.38. The van der Waals surface area contributed by atoms with Crippen LogP contribution in [0.3, 0.4) is 0 Å². The topological polar surface area (TPSA) is 45.6 Å². The number of thiazole rings is 1. The molecule has 0 radical (unpaired) electrons. The molecule has 0 unspecified atom stereocenters. The molecule has 2 heterocycles. The van der Waals surface area contributed by atoms with Crippen LogP contribution in [0.2, 0.25) is 0 Å². The number of aliphatic hydroxyl groups is 1. The molecule has 1 aromatic heterocycles. The summed E-state index contributed by atoms with van der Waals surface area (Å²) in [6.45, 7) is 3.92. The van der Waals surface area contributed by atoms with Gasteiger partial charge in [-0.2, -0.15) is 0 Å². The summed E-state index contributed by atoms with van der Waals surface area (Å²) >= 11 is 7.47. The highest BCUT2D eigenvalue weighted by molar-refractivity contribution is 7.09. The van der Waals surface area contributed by atoms with E-state index < -0.39 is 0 Å². The maximum Gasteiger partial charge on any atom is 0.0929 e. The number of likely N-dealkylation sites (tertiary alicyclic amines) is 1. The fraction of sp³-hybridized carbons (Fsp3) is 0.786. The molecule has 0 spiro atoms. The zero-order valence-electron chi connectivity index (χ0n) is 11.8. The average Bonchev–Trinajstić information content (AvgIpc) is 2.94. The molecule has 0 atom stereocenters. The van der Waals surface area contributed by atoms with Crippen molar-refractivity contribution in [2.24, 2.45) is 0 Å². The van der Waals surface area contributed by atoms with E-state index in [1.165, 1.54) is 5.01 Å². The molecule has 1 aliphatic heterocycles. The molecular weight excluding hydrogens is 296 g/mol. The van der Waals surface area contributed by atoms with E-state index in [-0.39, 0.29) is 6.61 Å². The van der Waals surface area contributed by atoms with Gasteiger partial charge in [-0.25, -0.2) is 4.98 Å². The van der Waals surface area contributed by atoms with E-state index in [1.54, 1.807) is 11.3 Å². The molecule has 0 bridgehead atoms. The number of halogens is 1. The number of rotatable bonds is 8. The second-order valence-corrected chi connectivity index (χ2v) is 6.32. The minimum absolute atomic E-state index is 0.123. The Kier molecular flexibility index (Phi) is 7.24. The van der Waals surface area contributed by atoms with E-state index in [1.807, 2.05) is 5.38 Å². The number of alkyl halides is 1. The van der Waals surface area contributed by atoms with E-state index >= 15 is 0 Å². The van der Waals surface area contributed by atoms with Crippen LogP contribution in [0.5, 0.6) is 0 Å². The van der Waals surface area contributed by atoms with Crippen LogP contribution >= 0.6 is 22.9 Å². The quantitative estimate of drug-likeness (QED) is 0.747. The summed E-state index contributed by atoms with van der Waals surface area (Å²) in [6.07, 6.45) is 4.69. The Morgan fingerprint density at radius 3 is 2.90 bits per heavy atom. The first-order chi connectivity index (χ1) is 9.81. The van der Waals surface area contributed by atoms with Gasteiger partial charge in [0.15, 0.2) is 0 Å². The van der Waals surface area contributed by atoms with Gasteiger partial charge in [0.2, 0.25) is 0 Å². The van der Waals surface area contributed by atoms with Crippen molar-refractivity contribution in [2.75, 3.05) is 32.8 Å². The number of aliphatic hydroxyl groups excluding tert-OH is 1. The monoisotopic (exact) mass is 318 g/mol. The molecule has 0 amide bonds. The second kappa shape index (κ2) is 8.95. The van der Waals surface area contributed by atoms with E-state index in [4.69, 9.17) is 21.4 Å². The van der Waals surface area contributed by atoms with Crippen LogP contribution in [0.15, 0.2) is 5.38 Å². The summed E-state index contributed by atoms with van der Waals surface area (Å²) in [5.41, 5.74) is 0.994. The Bertz CT molecular complexity index is 381. The van der Waals surface area contributed by atoms with Gasteiger partial charge in [0.1, 0.15) is 0 Å². The first kappa shape index (κ1) is 16.2. The molecular formula is C14H23ClN2O2S. The third-order valence-corrected chi connectivity index (χ3v) is 4.81. The standard InChI is InChI=1S/C14H23ClN2O2S/c15-10-12-11-20-14(16-12)2-1-5-17-6-3-13(4-7-17)19-9-8-18/h11,13,18H,1-10H2. The summed E-state index contributed by atoms with van der Waals surface area (Å²) < 4.78 is 5.57. The molecule has 1 fully saturated rings. The largest absolute Gasteiger partial charge is 0.394 e. The molecule has 0 aliphatic carbocycles. The summed E-state index contributed by atoms with van der Waals surface area (Å²) in [5.74, 6) is 0.512. The molecule has 1 N–H and O–H groups in total. The van der Waals surface area contributed by atoms with Gasteiger partial charge >= 0.3 is 0 Å². The smallest absolute Gasteiger partial charge is 0.0929 e. The lowest BCUT2D eigenvalue weighted by Gasteiger charge is -2.31. The van der Waals surface area contributed by atoms with Gasteiger partial charge in [-0.05, 0) is 25.8 Å². The molecule has 0 saturated carbocycles. The van der Waals surface area contributed by atoms with Crippen molar-refractivity contribution in [2.45, 2.75) is 37.7 Å². The Labute approximate surface area is 129 Å². The van der Waals surface area contributed by atoms with Crippen LogP contribution in [-0.2, 0) is 17.0 Å². The lowest BCUT2D eigenvalue weighted by atomic mass is 10.1. The Hall–Kier alpha value is -0.200. The third-order valence-electron chi connectivity index (χ3n) is 3.58. The number of aryl methyl sites for hydroxylation is 1. The van der Waals surface area contributed by atoms with Gasteiger partial charge in [0, 0.05) is 24.9 Å². The minimum atomic E-state index is 0.123. The van der Waals surface area contributed by atoms with E-state index in [0.717, 1.165) is 51.0 Å². The number of nitrogens with zero attached hydrogens (tertiary/aromatic N) is 2. The molecule has 1 saturated heterocycles. The van der Waals surface area contributed by atoms with Crippen molar-refractivity contribution in [1.82, 2.24) is 9.88 Å². The van der Waals surface area contributed by atoms with Crippen molar-refractivity contribution in [3.8, 4) is 0 Å². The predicted octanol–water partition coefficient (Wildman–Crippen LogP) is 2.29. The minimum Gasteiger partial charge on any atom is -0.394 e. The molecule has 1 aromatic rings. The number of ether oxygens (including phenoxy) is 1. The Morgan fingerprint density at radius 2 is 2.25 bits per heavy atom. The van der Waals surface area contributed by atoms with E-state index in [0.29, 0.717) is 18.6 Å². The summed E-state index contributed by atoms with van der Waals surface area (Å²) in [5, 5.41) is 12.0. The normalized spacial score (nSPS) is 17.7. The van der Waals surface area contributed by atoms with Crippen LogP contribution in [0.4, 0.5) is 0 Å². The van der Waals surface area contributed by atoms with Crippen molar-refractivity contribution in [3.63, 3.8) is 0 Å². The van der Waals surface area contributed by atoms with Crippen molar-refractivity contribution >= 4 is 22.9 Å². The van der Waals surface area contributed by atoms with Crippen LogP contribution in [0, 0.1) is 0 Å². The van der Waals surface area contributed by atoms with Crippen molar-refractivity contribution in [1.29, 1.82) is 0 Å². The van der Waals surface area contributed by atoms with Gasteiger partial charge in [0.05, 0.1) is 35.9 Å². The zero-order valence-corrected chi connectivity index (χ0v) is 13.3. The highest BCUT2D eigenvalue weighted by Gasteiger charge is 2.19. The van der Waals surface area contributed by atoms with Gasteiger partial charge in [0.25, 0.3) is 0 Å². The summed E-state index contributed by atoms with van der Waals surface area (Å²) in [7, 11) is 0. The predicted molar refractivity (Wildman–Crippen MR) is 82.5 cm³/mol. The highest BCUT2D eigenvalue weighted by atomic mass is 35.5. The SMILES string of the molecule is OCCOC1CCN(CCCc2nc(CCl)cs2)CC1. The van der Waals surface area contributed by atoms with Gasteiger partial charge in [-0.3, -0.25) is 0 Å². The molecule has 20 heavy (non-hydrogen) atoms. The lowest BCUT2D eigenvalue weighted by molar-refractivity contribution is -0.00778. The first-order valence-electron chi connectivity index (χ1n) is 7.26. The molecule has 0 aromatic carbocycles. The molecule has 1 aliphatic rings. The van der Waals surface area contributed by atoms with Crippen molar-refractivity contribution in [3.05, 3.63) is 16.1 Å². The Morgan fingerprint density at radius 1 is 1.45 bits per heavy atom. The average molecular weight is 319 g/mol. The summed E-state index contributed by atoms with van der Waals surface area (Å²) in [4.78, 5) is 6.98. The van der Waals surface area contributed by atoms with Crippen LogP contribution < -0.4 is 0 Å². The van der Waals surface area contributed by atoms with Gasteiger partial charge in [-0.15, -0.1) is 22.9 Å². The molecule has 6 heteroatoms. The molecule has 4 nitrogen and oxygen atoms in total. The third kappa shape index (κ3) is 5.30. The molecule has 114 valence electrons. The maximum atomic E-state index is 8.74. The highest BCUT2D eigenvalue weighted by Crippen LogP contribution is 2.16. The van der Waals surface area contributed by atoms with E-state index in [9.17, 15) is 0 Å². The van der Waals surface area contributed by atoms with Crippen LogP contribution in [0.1, 0.15) is 30.0 Å². The molecule has 2 rings (SSSR count). The Balaban J connectivity index is 1.59. The number of hydrogen-bond acceptors (Lipinski definition) is 5. The fourth-order valence-corrected chi connectivity index (χ4v) is 3.57. The number of piperidine rings is 1. The van der Waals surface area contributed by atoms with E-state index in [2.05, 4.69) is 9.88 Å². The zero-order chi connectivity index (χ0) is 14.2. The fourth-order valence-electron chi connectivity index (χ4n) is 2.50. The van der Waals surface area contributed by atoms with Crippen LogP contribution in [-0.4, -0.2) is 53.9 Å². The second-order valence-electron chi connectivity index (χ2n) is 5.11. The summed E-state index contributed by atoms with van der Waals surface area (Å²) in [6, 6.07) is 0. The van der Waals surface area contributed by atoms with Gasteiger partial charge in [-0.1, -0.05) is 0 Å². The van der Waals surface area contributed by atoms with Crippen LogP contribution in [0.25, 0.3) is 0 Å². The first-order valence-corrected chi connectivity index (χ1v) is 8.67. The number of aromatic nitrogens is 1. The maximum absolute atomic E-state index is 8.74. The van der Waals surface area contributed by atoms with Crippen molar-refractivity contribution < 1.29 is 9.84 Å². The number of hydrogen-bond donors (Lipinski definition) is 1. The van der Waals surface area contributed by atoms with Gasteiger partial charge < -0.3 is 14.7 Å².